The highest BCUT2D eigenvalue weighted by Gasteiger charge is 2.17. The average Bonchev–Trinajstić information content (AvgIpc) is 3.06. The molecule has 0 fully saturated rings. The number of hydrogen-bond acceptors (Lipinski definition) is 4. The van der Waals surface area contributed by atoms with E-state index >= 15 is 0 Å². The summed E-state index contributed by atoms with van der Waals surface area (Å²) in [6.45, 7) is 2.30. The molecule has 0 radical (unpaired) electrons. The van der Waals surface area contributed by atoms with Gasteiger partial charge in [0.25, 0.3) is 0 Å². The van der Waals surface area contributed by atoms with Gasteiger partial charge in [-0.1, -0.05) is 29.8 Å². The number of nitrogens with zero attached hydrogens (tertiary/aromatic N) is 3. The number of fused-ring (bicyclic) bond motifs is 1. The normalized spacial score (nSPS) is 11.8. The summed E-state index contributed by atoms with van der Waals surface area (Å²) in [5.41, 5.74) is 3.15. The summed E-state index contributed by atoms with van der Waals surface area (Å²) < 4.78 is 42.9. The fourth-order valence-corrected chi connectivity index (χ4v) is 4.02. The number of rotatable bonds is 6. The summed E-state index contributed by atoms with van der Waals surface area (Å²) in [6.07, 6.45) is 1.66. The van der Waals surface area contributed by atoms with Crippen molar-refractivity contribution in [3.8, 4) is 0 Å². The van der Waals surface area contributed by atoms with E-state index in [1.165, 1.54) is 12.1 Å². The highest BCUT2D eigenvalue weighted by molar-refractivity contribution is 7.89. The van der Waals surface area contributed by atoms with Crippen LogP contribution in [0.15, 0.2) is 71.8 Å². The second kappa shape index (κ2) is 7.73. The lowest BCUT2D eigenvalue weighted by Gasteiger charge is -2.11. The molecule has 0 atom stereocenters. The predicted molar refractivity (Wildman–Crippen MR) is 108 cm³/mol. The molecule has 4 rings (SSSR count). The maximum absolute atomic E-state index is 13.2. The Hall–Kier alpha value is -3.10. The van der Waals surface area contributed by atoms with Gasteiger partial charge in [-0.05, 0) is 48.9 Å². The zero-order valence-corrected chi connectivity index (χ0v) is 16.5. The number of benzene rings is 2. The van der Waals surface area contributed by atoms with Gasteiger partial charge in [0.15, 0.2) is 5.65 Å². The first kappa shape index (κ1) is 19.2. The Balaban J connectivity index is 1.64. The van der Waals surface area contributed by atoms with Crippen molar-refractivity contribution in [2.75, 3.05) is 0 Å². The minimum absolute atomic E-state index is 0.00770. The number of halogens is 1. The third-order valence-corrected chi connectivity index (χ3v) is 6.01. The van der Waals surface area contributed by atoms with Crippen LogP contribution in [0, 0.1) is 12.7 Å². The van der Waals surface area contributed by atoms with Crippen molar-refractivity contribution in [1.29, 1.82) is 0 Å². The number of hydrogen-bond donors (Lipinski definition) is 1. The topological polar surface area (TPSA) is 76.9 Å². The van der Waals surface area contributed by atoms with Crippen LogP contribution in [-0.4, -0.2) is 23.0 Å². The summed E-state index contributed by atoms with van der Waals surface area (Å²) in [5.74, 6) is 0.215. The van der Waals surface area contributed by atoms with Crippen molar-refractivity contribution in [2.45, 2.75) is 24.9 Å². The fraction of sp³-hybridized carbons (Fsp3) is 0.143. The molecular formula is C21H19FN4O2S. The van der Waals surface area contributed by atoms with Crippen molar-refractivity contribution < 1.29 is 12.8 Å². The first-order chi connectivity index (χ1) is 13.9. The largest absolute Gasteiger partial charge is 0.307 e. The molecule has 0 aliphatic heterocycles. The lowest BCUT2D eigenvalue weighted by Crippen LogP contribution is -2.25. The van der Waals surface area contributed by atoms with E-state index < -0.39 is 10.0 Å². The first-order valence-electron chi connectivity index (χ1n) is 9.03. The van der Waals surface area contributed by atoms with E-state index in [1.54, 1.807) is 48.7 Å². The van der Waals surface area contributed by atoms with Crippen LogP contribution < -0.4 is 4.72 Å². The smallest absolute Gasteiger partial charge is 0.240 e. The third-order valence-electron chi connectivity index (χ3n) is 4.59. The maximum atomic E-state index is 13.2. The molecule has 0 saturated carbocycles. The van der Waals surface area contributed by atoms with Gasteiger partial charge >= 0.3 is 0 Å². The van der Waals surface area contributed by atoms with Gasteiger partial charge in [-0.15, -0.1) is 0 Å². The molecule has 0 aliphatic carbocycles. The molecule has 0 bridgehead atoms. The number of aromatic nitrogens is 3. The zero-order chi connectivity index (χ0) is 20.4. The van der Waals surface area contributed by atoms with E-state index in [2.05, 4.69) is 14.7 Å². The van der Waals surface area contributed by atoms with E-state index in [1.807, 2.05) is 17.6 Å². The van der Waals surface area contributed by atoms with Crippen LogP contribution in [0.4, 0.5) is 4.39 Å². The van der Waals surface area contributed by atoms with Crippen molar-refractivity contribution >= 4 is 21.2 Å². The molecule has 0 amide bonds. The molecule has 29 heavy (non-hydrogen) atoms. The number of aryl methyl sites for hydroxylation is 1. The van der Waals surface area contributed by atoms with Gasteiger partial charge in [0.1, 0.15) is 17.2 Å². The zero-order valence-electron chi connectivity index (χ0n) is 15.7. The SMILES string of the molecule is Cc1ccc(S(=O)(=O)NCc2nc3cccnc3n2Cc2ccc(F)cc2)cc1. The van der Waals surface area contributed by atoms with E-state index in [0.717, 1.165) is 11.1 Å². The second-order valence-electron chi connectivity index (χ2n) is 6.72. The Labute approximate surface area is 168 Å². The Morgan fingerprint density at radius 2 is 1.76 bits per heavy atom. The fourth-order valence-electron chi connectivity index (χ4n) is 3.04. The molecule has 0 saturated heterocycles. The van der Waals surface area contributed by atoms with Crippen molar-refractivity contribution in [3.05, 3.63) is 89.6 Å². The predicted octanol–water partition coefficient (Wildman–Crippen LogP) is 3.41. The standard InChI is InChI=1S/C21H19FN4O2S/c1-15-4-10-18(11-5-15)29(27,28)24-13-20-25-19-3-2-12-23-21(19)26(20)14-16-6-8-17(22)9-7-16/h2-12,24H,13-14H2,1H3. The Morgan fingerprint density at radius 1 is 1.03 bits per heavy atom. The van der Waals surface area contributed by atoms with Gasteiger partial charge in [-0.2, -0.15) is 0 Å². The van der Waals surface area contributed by atoms with Crippen molar-refractivity contribution in [2.24, 2.45) is 0 Å². The summed E-state index contributed by atoms with van der Waals surface area (Å²) in [4.78, 5) is 9.11. The Bertz CT molecular complexity index is 1250. The maximum Gasteiger partial charge on any atom is 0.240 e. The minimum Gasteiger partial charge on any atom is -0.307 e. The summed E-state index contributed by atoms with van der Waals surface area (Å²) in [5, 5.41) is 0. The molecule has 4 aromatic rings. The number of pyridine rings is 1. The second-order valence-corrected chi connectivity index (χ2v) is 8.49. The van der Waals surface area contributed by atoms with Crippen LogP contribution in [-0.2, 0) is 23.1 Å². The van der Waals surface area contributed by atoms with Crippen molar-refractivity contribution in [3.63, 3.8) is 0 Å². The van der Waals surface area contributed by atoms with Gasteiger partial charge < -0.3 is 4.57 Å². The molecule has 6 nitrogen and oxygen atoms in total. The molecule has 2 aromatic carbocycles. The van der Waals surface area contributed by atoms with Crippen molar-refractivity contribution in [1.82, 2.24) is 19.3 Å². The van der Waals surface area contributed by atoms with Crippen LogP contribution in [0.3, 0.4) is 0 Å². The molecule has 0 unspecified atom stereocenters. The summed E-state index contributed by atoms with van der Waals surface area (Å²) in [7, 11) is -3.68. The van der Waals surface area contributed by atoms with E-state index in [4.69, 9.17) is 0 Å². The minimum atomic E-state index is -3.68. The van der Waals surface area contributed by atoms with Crippen LogP contribution in [0.1, 0.15) is 17.0 Å². The molecule has 148 valence electrons. The van der Waals surface area contributed by atoms with Gasteiger partial charge in [0, 0.05) is 6.20 Å². The summed E-state index contributed by atoms with van der Waals surface area (Å²) >= 11 is 0. The van der Waals surface area contributed by atoms with Gasteiger partial charge in [0.2, 0.25) is 10.0 Å². The average molecular weight is 410 g/mol. The van der Waals surface area contributed by atoms with Gasteiger partial charge in [0.05, 0.1) is 18.0 Å². The molecular weight excluding hydrogens is 391 g/mol. The molecule has 0 spiro atoms. The van der Waals surface area contributed by atoms with E-state index in [-0.39, 0.29) is 17.3 Å². The highest BCUT2D eigenvalue weighted by Crippen LogP contribution is 2.17. The number of nitrogens with one attached hydrogen (secondary N) is 1. The number of imidazole rings is 1. The lowest BCUT2D eigenvalue weighted by atomic mass is 10.2. The quantitative estimate of drug-likeness (QED) is 0.529. The third kappa shape index (κ3) is 4.18. The molecule has 2 aromatic heterocycles. The van der Waals surface area contributed by atoms with Gasteiger partial charge in [-0.3, -0.25) is 0 Å². The Kier molecular flexibility index (Phi) is 5.12. The highest BCUT2D eigenvalue weighted by atomic mass is 32.2. The molecule has 2 heterocycles. The van der Waals surface area contributed by atoms with Crippen LogP contribution >= 0.6 is 0 Å². The summed E-state index contributed by atoms with van der Waals surface area (Å²) in [6, 6.07) is 16.4. The Morgan fingerprint density at radius 3 is 2.48 bits per heavy atom. The van der Waals surface area contributed by atoms with E-state index in [9.17, 15) is 12.8 Å². The van der Waals surface area contributed by atoms with Crippen LogP contribution in [0.25, 0.3) is 11.2 Å². The lowest BCUT2D eigenvalue weighted by molar-refractivity contribution is 0.576. The van der Waals surface area contributed by atoms with Crippen LogP contribution in [0.5, 0.6) is 0 Å². The van der Waals surface area contributed by atoms with E-state index in [0.29, 0.717) is 23.5 Å². The first-order valence-corrected chi connectivity index (χ1v) is 10.5. The monoisotopic (exact) mass is 410 g/mol. The molecule has 8 heteroatoms. The van der Waals surface area contributed by atoms with Gasteiger partial charge in [-0.25, -0.2) is 27.5 Å². The van der Waals surface area contributed by atoms with Crippen LogP contribution in [0.2, 0.25) is 0 Å². The number of sulfonamides is 1. The molecule has 1 N–H and O–H groups in total. The molecule has 0 aliphatic rings.